The van der Waals surface area contributed by atoms with Crippen LogP contribution in [0.1, 0.15) is 41.1 Å². The number of carbonyl (C=O) groups is 2. The van der Waals surface area contributed by atoms with Crippen molar-refractivity contribution in [1.82, 2.24) is 19.6 Å². The Morgan fingerprint density at radius 2 is 2.24 bits per heavy atom. The first-order chi connectivity index (χ1) is 12.1. The summed E-state index contributed by atoms with van der Waals surface area (Å²) in [7, 11) is 0. The Kier molecular flexibility index (Phi) is 4.07. The van der Waals surface area contributed by atoms with Gasteiger partial charge in [0.1, 0.15) is 0 Å². The zero-order valence-electron chi connectivity index (χ0n) is 14.4. The lowest BCUT2D eigenvalue weighted by Gasteiger charge is -2.32. The molecule has 0 aliphatic carbocycles. The zero-order valence-corrected chi connectivity index (χ0v) is 14.4. The van der Waals surface area contributed by atoms with Gasteiger partial charge in [0, 0.05) is 37.8 Å². The minimum atomic E-state index is -0.117. The smallest absolute Gasteiger partial charge is 0.290 e. The van der Waals surface area contributed by atoms with Crippen LogP contribution in [-0.2, 0) is 17.9 Å². The highest BCUT2D eigenvalue weighted by Crippen LogP contribution is 2.23. The Balaban J connectivity index is 1.63. The fraction of sp³-hybridized carbons (Fsp3) is 0.500. The van der Waals surface area contributed by atoms with Crippen molar-refractivity contribution in [3.8, 4) is 0 Å². The van der Waals surface area contributed by atoms with Crippen molar-refractivity contribution in [1.29, 1.82) is 0 Å². The summed E-state index contributed by atoms with van der Waals surface area (Å²) >= 11 is 0. The normalized spacial score (nSPS) is 20.7. The van der Waals surface area contributed by atoms with Gasteiger partial charge in [-0.1, -0.05) is 0 Å². The number of aromatic nitrogens is 2. The van der Waals surface area contributed by atoms with Crippen molar-refractivity contribution >= 4 is 11.8 Å². The number of nitrogens with zero attached hydrogens (tertiary/aromatic N) is 4. The molecule has 1 unspecified atom stereocenters. The Morgan fingerprint density at radius 1 is 1.36 bits per heavy atom. The van der Waals surface area contributed by atoms with Gasteiger partial charge in [-0.05, 0) is 31.9 Å². The maximum atomic E-state index is 13.1. The second-order valence-corrected chi connectivity index (χ2v) is 6.80. The standard InChI is InChI=1S/C18H22N4O3/c1-13-6-10-25-17(13)18(24)21-12-15-4-7-19-22(15)9-5-14(21)11-20-8-2-3-16(20)23/h4,6-7,10,14H,2-3,5,8-9,11-12H2,1H3. The Labute approximate surface area is 146 Å². The molecule has 2 amide bonds. The number of likely N-dealkylation sites (tertiary alicyclic amines) is 1. The number of fused-ring (bicyclic) bond motifs is 1. The maximum Gasteiger partial charge on any atom is 0.290 e. The summed E-state index contributed by atoms with van der Waals surface area (Å²) in [6.07, 6.45) is 5.59. The van der Waals surface area contributed by atoms with Gasteiger partial charge < -0.3 is 14.2 Å². The van der Waals surface area contributed by atoms with Crippen molar-refractivity contribution in [3.05, 3.63) is 41.6 Å². The molecule has 132 valence electrons. The Bertz CT molecular complexity index is 794. The van der Waals surface area contributed by atoms with Crippen LogP contribution in [0, 0.1) is 6.92 Å². The van der Waals surface area contributed by atoms with Crippen LogP contribution in [0.3, 0.4) is 0 Å². The fourth-order valence-corrected chi connectivity index (χ4v) is 3.73. The zero-order chi connectivity index (χ0) is 17.4. The summed E-state index contributed by atoms with van der Waals surface area (Å²) in [6, 6.07) is 3.70. The van der Waals surface area contributed by atoms with E-state index in [1.165, 1.54) is 0 Å². The predicted molar refractivity (Wildman–Crippen MR) is 89.8 cm³/mol. The fourth-order valence-electron chi connectivity index (χ4n) is 3.73. The van der Waals surface area contributed by atoms with Crippen molar-refractivity contribution in [3.63, 3.8) is 0 Å². The highest BCUT2D eigenvalue weighted by Gasteiger charge is 2.33. The minimum Gasteiger partial charge on any atom is -0.459 e. The molecule has 1 fully saturated rings. The first kappa shape index (κ1) is 15.9. The highest BCUT2D eigenvalue weighted by atomic mass is 16.3. The van der Waals surface area contributed by atoms with Crippen molar-refractivity contribution in [2.24, 2.45) is 0 Å². The summed E-state index contributed by atoms with van der Waals surface area (Å²) < 4.78 is 7.38. The molecule has 7 nitrogen and oxygen atoms in total. The van der Waals surface area contributed by atoms with Crippen molar-refractivity contribution in [2.75, 3.05) is 13.1 Å². The summed E-state index contributed by atoms with van der Waals surface area (Å²) in [6.45, 7) is 4.45. The van der Waals surface area contributed by atoms with Crippen LogP contribution < -0.4 is 0 Å². The van der Waals surface area contributed by atoms with E-state index < -0.39 is 0 Å². The summed E-state index contributed by atoms with van der Waals surface area (Å²) in [4.78, 5) is 28.9. The van der Waals surface area contributed by atoms with Crippen LogP contribution in [0.4, 0.5) is 0 Å². The van der Waals surface area contributed by atoms with E-state index in [9.17, 15) is 9.59 Å². The maximum absolute atomic E-state index is 13.1. The van der Waals surface area contributed by atoms with Gasteiger partial charge in [0.15, 0.2) is 5.76 Å². The third-order valence-corrected chi connectivity index (χ3v) is 5.17. The third-order valence-electron chi connectivity index (χ3n) is 5.17. The third kappa shape index (κ3) is 2.94. The van der Waals surface area contributed by atoms with E-state index >= 15 is 0 Å². The van der Waals surface area contributed by atoms with Crippen LogP contribution in [0.15, 0.2) is 29.0 Å². The minimum absolute atomic E-state index is 0.0410. The number of rotatable bonds is 3. The molecule has 0 aromatic carbocycles. The molecule has 0 N–H and O–H groups in total. The molecular formula is C18H22N4O3. The predicted octanol–water partition coefficient (Wildman–Crippen LogP) is 1.82. The van der Waals surface area contributed by atoms with Crippen LogP contribution in [0.25, 0.3) is 0 Å². The summed E-state index contributed by atoms with van der Waals surface area (Å²) in [5.74, 6) is 0.447. The van der Waals surface area contributed by atoms with E-state index in [0.717, 1.165) is 37.2 Å². The molecule has 0 bridgehead atoms. The molecule has 2 aliphatic rings. The lowest BCUT2D eigenvalue weighted by molar-refractivity contribution is -0.128. The second-order valence-electron chi connectivity index (χ2n) is 6.80. The Morgan fingerprint density at radius 3 is 2.96 bits per heavy atom. The van der Waals surface area contributed by atoms with E-state index in [0.29, 0.717) is 25.3 Å². The lowest BCUT2D eigenvalue weighted by Crippen LogP contribution is -2.46. The number of hydrogen-bond donors (Lipinski definition) is 0. The van der Waals surface area contributed by atoms with Crippen LogP contribution in [0.5, 0.6) is 0 Å². The number of aryl methyl sites for hydroxylation is 2. The molecule has 0 spiro atoms. The molecule has 7 heteroatoms. The molecular weight excluding hydrogens is 320 g/mol. The molecule has 1 atom stereocenters. The van der Waals surface area contributed by atoms with Gasteiger partial charge in [0.25, 0.3) is 5.91 Å². The van der Waals surface area contributed by atoms with Gasteiger partial charge in [-0.25, -0.2) is 0 Å². The van der Waals surface area contributed by atoms with Gasteiger partial charge in [-0.15, -0.1) is 0 Å². The lowest BCUT2D eigenvalue weighted by atomic mass is 10.1. The molecule has 1 saturated heterocycles. The molecule has 4 heterocycles. The first-order valence-electron chi connectivity index (χ1n) is 8.77. The summed E-state index contributed by atoms with van der Waals surface area (Å²) in [5.41, 5.74) is 1.84. The van der Waals surface area contributed by atoms with E-state index in [1.54, 1.807) is 18.5 Å². The number of amides is 2. The molecule has 0 radical (unpaired) electrons. The van der Waals surface area contributed by atoms with Crippen molar-refractivity contribution in [2.45, 2.75) is 45.3 Å². The molecule has 2 aliphatic heterocycles. The van der Waals surface area contributed by atoms with Crippen LogP contribution in [-0.4, -0.2) is 50.5 Å². The van der Waals surface area contributed by atoms with Gasteiger partial charge in [-0.2, -0.15) is 5.10 Å². The molecule has 2 aromatic rings. The van der Waals surface area contributed by atoms with E-state index in [1.807, 2.05) is 27.5 Å². The number of hydrogen-bond acceptors (Lipinski definition) is 4. The van der Waals surface area contributed by atoms with Gasteiger partial charge in [0.05, 0.1) is 24.5 Å². The van der Waals surface area contributed by atoms with Gasteiger partial charge in [0.2, 0.25) is 5.91 Å². The first-order valence-corrected chi connectivity index (χ1v) is 8.77. The van der Waals surface area contributed by atoms with E-state index in [2.05, 4.69) is 5.10 Å². The van der Waals surface area contributed by atoms with Gasteiger partial charge in [-0.3, -0.25) is 14.3 Å². The monoisotopic (exact) mass is 342 g/mol. The Hall–Kier alpha value is -2.57. The average Bonchev–Trinajstić information content (AvgIpc) is 3.29. The number of carbonyl (C=O) groups excluding carboxylic acids is 2. The molecule has 2 aromatic heterocycles. The van der Waals surface area contributed by atoms with E-state index in [-0.39, 0.29) is 17.9 Å². The van der Waals surface area contributed by atoms with Crippen LogP contribution in [0.2, 0.25) is 0 Å². The topological polar surface area (TPSA) is 71.6 Å². The second kappa shape index (κ2) is 6.38. The quantitative estimate of drug-likeness (QED) is 0.853. The van der Waals surface area contributed by atoms with Crippen molar-refractivity contribution < 1.29 is 14.0 Å². The molecule has 4 rings (SSSR count). The highest BCUT2D eigenvalue weighted by molar-refractivity contribution is 5.93. The van der Waals surface area contributed by atoms with Crippen LogP contribution >= 0.6 is 0 Å². The van der Waals surface area contributed by atoms with E-state index in [4.69, 9.17) is 4.42 Å². The SMILES string of the molecule is Cc1ccoc1C(=O)N1Cc2ccnn2CCC1CN1CCCC1=O. The summed E-state index contributed by atoms with van der Waals surface area (Å²) in [5, 5.41) is 4.35. The molecule has 0 saturated carbocycles. The number of furan rings is 1. The largest absolute Gasteiger partial charge is 0.459 e. The van der Waals surface area contributed by atoms with Gasteiger partial charge >= 0.3 is 0 Å². The molecule has 25 heavy (non-hydrogen) atoms. The average molecular weight is 342 g/mol.